The summed E-state index contributed by atoms with van der Waals surface area (Å²) in [6, 6.07) is 15.7. The van der Waals surface area contributed by atoms with Gasteiger partial charge in [0.25, 0.3) is 0 Å². The van der Waals surface area contributed by atoms with Gasteiger partial charge in [-0.1, -0.05) is 45.9 Å². The highest BCUT2D eigenvalue weighted by atomic mass is 32.2. The molecule has 4 nitrogen and oxygen atoms in total. The van der Waals surface area contributed by atoms with Crippen LogP contribution in [0, 0.1) is 0 Å². The molecule has 0 radical (unpaired) electrons. The number of carbonyl (C=O) groups excluding carboxylic acids is 2. The van der Waals surface area contributed by atoms with Crippen LogP contribution >= 0.6 is 11.8 Å². The summed E-state index contributed by atoms with van der Waals surface area (Å²) in [6.45, 7) is 8.28. The van der Waals surface area contributed by atoms with Gasteiger partial charge >= 0.3 is 0 Å². The van der Waals surface area contributed by atoms with Crippen molar-refractivity contribution in [2.45, 2.75) is 63.0 Å². The molecule has 2 aromatic rings. The van der Waals surface area contributed by atoms with Gasteiger partial charge in [-0.25, -0.2) is 0 Å². The van der Waals surface area contributed by atoms with Crippen molar-refractivity contribution in [3.05, 3.63) is 54.1 Å². The molecule has 0 fully saturated rings. The van der Waals surface area contributed by atoms with Gasteiger partial charge in [-0.05, 0) is 54.7 Å². The van der Waals surface area contributed by atoms with E-state index in [4.69, 9.17) is 0 Å². The first kappa shape index (κ1) is 22.0. The number of amides is 2. The maximum Gasteiger partial charge on any atom is 0.237 e. The Hall–Kier alpha value is -2.27. The van der Waals surface area contributed by atoms with E-state index in [0.717, 1.165) is 22.7 Å². The molecular formula is C23H30N2O2S. The number of hydrogen-bond acceptors (Lipinski definition) is 3. The first-order valence-electron chi connectivity index (χ1n) is 9.90. The van der Waals surface area contributed by atoms with Crippen LogP contribution in [0.1, 0.15) is 58.4 Å². The molecule has 0 heterocycles. The van der Waals surface area contributed by atoms with Crippen molar-refractivity contribution in [2.75, 3.05) is 10.6 Å². The molecule has 0 saturated carbocycles. The van der Waals surface area contributed by atoms with E-state index in [1.54, 1.807) is 0 Å². The Morgan fingerprint density at radius 2 is 1.68 bits per heavy atom. The van der Waals surface area contributed by atoms with E-state index < -0.39 is 0 Å². The molecule has 1 atom stereocenters. The zero-order valence-corrected chi connectivity index (χ0v) is 17.9. The van der Waals surface area contributed by atoms with Crippen LogP contribution in [0.3, 0.4) is 0 Å². The second kappa shape index (κ2) is 10.9. The van der Waals surface area contributed by atoms with Crippen LogP contribution in [0.25, 0.3) is 0 Å². The largest absolute Gasteiger partial charge is 0.326 e. The Bertz CT molecular complexity index is 787. The molecule has 2 rings (SSSR count). The fourth-order valence-corrected chi connectivity index (χ4v) is 3.77. The molecule has 2 N–H and O–H groups in total. The molecule has 0 spiro atoms. The number of thioether (sulfide) groups is 1. The van der Waals surface area contributed by atoms with Crippen LogP contribution in [0.5, 0.6) is 0 Å². The van der Waals surface area contributed by atoms with Gasteiger partial charge < -0.3 is 10.6 Å². The summed E-state index contributed by atoms with van der Waals surface area (Å²) in [4.78, 5) is 25.5. The standard InChI is InChI=1S/C23H30N2O2S/c1-5-8-22(26)24-19-9-7-10-20(15-19)28-21(6-2)23(27)25-18-13-11-17(12-14-18)16(3)4/h7,9-16,21H,5-6,8H2,1-4H3,(H,24,26)(H,25,27). The number of hydrogen-bond donors (Lipinski definition) is 2. The minimum Gasteiger partial charge on any atom is -0.326 e. The summed E-state index contributed by atoms with van der Waals surface area (Å²) < 4.78 is 0. The Morgan fingerprint density at radius 1 is 0.964 bits per heavy atom. The van der Waals surface area contributed by atoms with E-state index in [1.807, 2.05) is 50.2 Å². The highest BCUT2D eigenvalue weighted by Gasteiger charge is 2.18. The minimum atomic E-state index is -0.202. The zero-order chi connectivity index (χ0) is 20.5. The highest BCUT2D eigenvalue weighted by molar-refractivity contribution is 8.00. The van der Waals surface area contributed by atoms with Crippen LogP contribution in [0.2, 0.25) is 0 Å². The van der Waals surface area contributed by atoms with Crippen LogP contribution in [-0.4, -0.2) is 17.1 Å². The monoisotopic (exact) mass is 398 g/mol. The van der Waals surface area contributed by atoms with E-state index in [-0.39, 0.29) is 17.1 Å². The maximum absolute atomic E-state index is 12.7. The predicted octanol–water partition coefficient (Wildman–Crippen LogP) is 6.06. The average Bonchev–Trinajstić information content (AvgIpc) is 2.67. The molecule has 28 heavy (non-hydrogen) atoms. The molecule has 2 aromatic carbocycles. The van der Waals surface area contributed by atoms with Crippen molar-refractivity contribution in [3.63, 3.8) is 0 Å². The van der Waals surface area contributed by atoms with E-state index >= 15 is 0 Å². The molecule has 0 aromatic heterocycles. The molecule has 0 aliphatic rings. The summed E-state index contributed by atoms with van der Waals surface area (Å²) in [5, 5.41) is 5.72. The summed E-state index contributed by atoms with van der Waals surface area (Å²) in [7, 11) is 0. The van der Waals surface area contributed by atoms with Crippen molar-refractivity contribution < 1.29 is 9.59 Å². The van der Waals surface area contributed by atoms with E-state index in [9.17, 15) is 9.59 Å². The smallest absolute Gasteiger partial charge is 0.237 e. The number of carbonyl (C=O) groups is 2. The van der Waals surface area contributed by atoms with Gasteiger partial charge in [0, 0.05) is 22.7 Å². The highest BCUT2D eigenvalue weighted by Crippen LogP contribution is 2.29. The second-order valence-corrected chi connectivity index (χ2v) is 8.38. The molecule has 0 bridgehead atoms. The van der Waals surface area contributed by atoms with E-state index in [2.05, 4.69) is 36.6 Å². The lowest BCUT2D eigenvalue weighted by atomic mass is 10.0. The van der Waals surface area contributed by atoms with Crippen molar-refractivity contribution in [3.8, 4) is 0 Å². The van der Waals surface area contributed by atoms with Crippen molar-refractivity contribution >= 4 is 35.0 Å². The second-order valence-electron chi connectivity index (χ2n) is 7.11. The first-order chi connectivity index (χ1) is 13.4. The third-order valence-electron chi connectivity index (χ3n) is 4.38. The summed E-state index contributed by atoms with van der Waals surface area (Å²) in [5.74, 6) is 0.471. The van der Waals surface area contributed by atoms with Gasteiger partial charge in [0.05, 0.1) is 5.25 Å². The molecular weight excluding hydrogens is 368 g/mol. The van der Waals surface area contributed by atoms with Crippen LogP contribution < -0.4 is 10.6 Å². The lowest BCUT2D eigenvalue weighted by Gasteiger charge is -2.16. The van der Waals surface area contributed by atoms with E-state index in [1.165, 1.54) is 17.3 Å². The average molecular weight is 399 g/mol. The first-order valence-corrected chi connectivity index (χ1v) is 10.8. The van der Waals surface area contributed by atoms with Gasteiger partial charge in [-0.15, -0.1) is 11.8 Å². The van der Waals surface area contributed by atoms with Crippen molar-refractivity contribution in [1.29, 1.82) is 0 Å². The van der Waals surface area contributed by atoms with Crippen molar-refractivity contribution in [1.82, 2.24) is 0 Å². The molecule has 2 amide bonds. The Labute approximate surface area is 172 Å². The normalized spacial score (nSPS) is 11.9. The van der Waals surface area contributed by atoms with Gasteiger partial charge in [0.2, 0.25) is 11.8 Å². The zero-order valence-electron chi connectivity index (χ0n) is 17.1. The van der Waals surface area contributed by atoms with Gasteiger partial charge in [-0.3, -0.25) is 9.59 Å². The van der Waals surface area contributed by atoms with Crippen LogP contribution in [0.15, 0.2) is 53.4 Å². The SMILES string of the molecule is CCCC(=O)Nc1cccc(SC(CC)C(=O)Nc2ccc(C(C)C)cc2)c1. The Balaban J connectivity index is 2.00. The molecule has 0 aliphatic carbocycles. The fraction of sp³-hybridized carbons (Fsp3) is 0.391. The third kappa shape index (κ3) is 6.71. The van der Waals surface area contributed by atoms with E-state index in [0.29, 0.717) is 18.8 Å². The summed E-state index contributed by atoms with van der Waals surface area (Å²) in [6.07, 6.45) is 2.04. The van der Waals surface area contributed by atoms with Crippen molar-refractivity contribution in [2.24, 2.45) is 0 Å². The van der Waals surface area contributed by atoms with Gasteiger partial charge in [0.15, 0.2) is 0 Å². The molecule has 150 valence electrons. The molecule has 5 heteroatoms. The number of anilines is 2. The molecule has 0 aliphatic heterocycles. The fourth-order valence-electron chi connectivity index (χ4n) is 2.76. The molecule has 0 saturated heterocycles. The van der Waals surface area contributed by atoms with Gasteiger partial charge in [0.1, 0.15) is 0 Å². The summed E-state index contributed by atoms with van der Waals surface area (Å²) in [5.41, 5.74) is 2.83. The third-order valence-corrected chi connectivity index (χ3v) is 5.74. The Morgan fingerprint density at radius 3 is 2.29 bits per heavy atom. The van der Waals surface area contributed by atoms with Crippen LogP contribution in [-0.2, 0) is 9.59 Å². The van der Waals surface area contributed by atoms with Crippen LogP contribution in [0.4, 0.5) is 11.4 Å². The number of benzene rings is 2. The number of nitrogens with one attached hydrogen (secondary N) is 2. The topological polar surface area (TPSA) is 58.2 Å². The number of rotatable bonds is 9. The lowest BCUT2D eigenvalue weighted by molar-refractivity contribution is -0.116. The van der Waals surface area contributed by atoms with Gasteiger partial charge in [-0.2, -0.15) is 0 Å². The predicted molar refractivity (Wildman–Crippen MR) is 119 cm³/mol. The summed E-state index contributed by atoms with van der Waals surface area (Å²) >= 11 is 1.52. The maximum atomic E-state index is 12.7. The molecule has 1 unspecified atom stereocenters. The minimum absolute atomic E-state index is 0.00906. The Kier molecular flexibility index (Phi) is 8.58. The quantitative estimate of drug-likeness (QED) is 0.505. The lowest BCUT2D eigenvalue weighted by Crippen LogP contribution is -2.24.